The van der Waals surface area contributed by atoms with Gasteiger partial charge in [-0.05, 0) is 42.9 Å². The lowest BCUT2D eigenvalue weighted by atomic mass is 9.95. The summed E-state index contributed by atoms with van der Waals surface area (Å²) < 4.78 is 2.18. The van der Waals surface area contributed by atoms with Gasteiger partial charge in [-0.15, -0.1) is 17.9 Å². The van der Waals surface area contributed by atoms with Crippen molar-refractivity contribution in [3.63, 3.8) is 0 Å². The molecular formula is C28H27N3OS. The summed E-state index contributed by atoms with van der Waals surface area (Å²) in [5.41, 5.74) is 5.25. The molecule has 0 bridgehead atoms. The third kappa shape index (κ3) is 4.41. The zero-order valence-electron chi connectivity index (χ0n) is 18.6. The first-order valence-electron chi connectivity index (χ1n) is 11.4. The van der Waals surface area contributed by atoms with Crippen molar-refractivity contribution in [1.82, 2.24) is 9.88 Å². The second-order valence-electron chi connectivity index (χ2n) is 8.36. The maximum Gasteiger partial charge on any atom is 0.254 e. The molecule has 1 N–H and O–H groups in total. The standard InChI is InChI=1S/C28H27N3OS/c1-2-16-31-19-21(22-12-6-8-14-24(22)31)18-30-28-26(23-13-7-9-15-25(23)33-28)27(32)29-17-20-10-4-3-5-11-20/h2-6,8,10-12,14,18-19H,1,7,9,13,15-17H2,(H,29,32). The SMILES string of the molecule is C=CCn1cc(C=Nc2sc3c(c2C(=O)NCc2ccccc2)CCCC3)c2ccccc21. The van der Waals surface area contributed by atoms with Crippen LogP contribution in [0, 0.1) is 0 Å². The molecule has 0 aliphatic heterocycles. The molecular weight excluding hydrogens is 426 g/mol. The molecule has 0 saturated carbocycles. The van der Waals surface area contributed by atoms with Gasteiger partial charge in [0.1, 0.15) is 5.00 Å². The summed E-state index contributed by atoms with van der Waals surface area (Å²) in [5, 5.41) is 5.08. The van der Waals surface area contributed by atoms with E-state index in [9.17, 15) is 4.79 Å². The Bertz CT molecular complexity index is 1330. The first kappa shape index (κ1) is 21.4. The maximum absolute atomic E-state index is 13.3. The van der Waals surface area contributed by atoms with E-state index in [-0.39, 0.29) is 5.91 Å². The fraction of sp³-hybridized carbons (Fsp3) is 0.214. The van der Waals surface area contributed by atoms with E-state index < -0.39 is 0 Å². The first-order valence-corrected chi connectivity index (χ1v) is 12.3. The predicted molar refractivity (Wildman–Crippen MR) is 138 cm³/mol. The highest BCUT2D eigenvalue weighted by atomic mass is 32.1. The molecule has 0 saturated heterocycles. The number of rotatable bonds is 7. The number of aromatic nitrogens is 1. The zero-order valence-corrected chi connectivity index (χ0v) is 19.4. The molecule has 1 aliphatic carbocycles. The topological polar surface area (TPSA) is 46.4 Å². The highest BCUT2D eigenvalue weighted by molar-refractivity contribution is 7.16. The van der Waals surface area contributed by atoms with Crippen molar-refractivity contribution in [1.29, 1.82) is 0 Å². The molecule has 0 atom stereocenters. The van der Waals surface area contributed by atoms with Crippen LogP contribution in [-0.2, 0) is 25.9 Å². The van der Waals surface area contributed by atoms with E-state index in [2.05, 4.69) is 34.8 Å². The van der Waals surface area contributed by atoms with Gasteiger partial charge in [-0.3, -0.25) is 4.79 Å². The van der Waals surface area contributed by atoms with Gasteiger partial charge in [-0.1, -0.05) is 54.6 Å². The monoisotopic (exact) mass is 453 g/mol. The van der Waals surface area contributed by atoms with Crippen LogP contribution in [0.2, 0.25) is 0 Å². The zero-order chi connectivity index (χ0) is 22.6. The van der Waals surface area contributed by atoms with Crippen molar-refractivity contribution in [2.75, 3.05) is 0 Å². The van der Waals surface area contributed by atoms with E-state index in [1.807, 2.05) is 54.8 Å². The molecule has 33 heavy (non-hydrogen) atoms. The Kier molecular flexibility index (Phi) is 6.22. The molecule has 2 aromatic heterocycles. The van der Waals surface area contributed by atoms with Crippen LogP contribution in [0.25, 0.3) is 10.9 Å². The van der Waals surface area contributed by atoms with E-state index in [1.165, 1.54) is 16.9 Å². The van der Waals surface area contributed by atoms with Gasteiger partial charge in [0.2, 0.25) is 0 Å². The molecule has 5 rings (SSSR count). The molecule has 1 amide bonds. The number of carbonyl (C=O) groups is 1. The summed E-state index contributed by atoms with van der Waals surface area (Å²) in [6, 6.07) is 18.3. The van der Waals surface area contributed by atoms with Gasteiger partial charge in [0.25, 0.3) is 5.91 Å². The van der Waals surface area contributed by atoms with Crippen molar-refractivity contribution in [3.05, 3.63) is 101 Å². The van der Waals surface area contributed by atoms with Gasteiger partial charge < -0.3 is 9.88 Å². The van der Waals surface area contributed by atoms with Gasteiger partial charge in [0.05, 0.1) is 5.56 Å². The highest BCUT2D eigenvalue weighted by Crippen LogP contribution is 2.40. The van der Waals surface area contributed by atoms with Gasteiger partial charge in [0, 0.05) is 46.8 Å². The molecule has 0 radical (unpaired) electrons. The fourth-order valence-corrected chi connectivity index (χ4v) is 5.77. The molecule has 0 spiro atoms. The number of carbonyl (C=O) groups excluding carboxylic acids is 1. The second-order valence-corrected chi connectivity index (χ2v) is 9.44. The largest absolute Gasteiger partial charge is 0.348 e. The quantitative estimate of drug-likeness (QED) is 0.254. The number of nitrogens with one attached hydrogen (secondary N) is 1. The molecule has 4 aromatic rings. The van der Waals surface area contributed by atoms with Crippen molar-refractivity contribution in [3.8, 4) is 0 Å². The van der Waals surface area contributed by atoms with Gasteiger partial charge in [-0.25, -0.2) is 4.99 Å². The van der Waals surface area contributed by atoms with E-state index in [1.54, 1.807) is 11.3 Å². The average molecular weight is 454 g/mol. The maximum atomic E-state index is 13.3. The van der Waals surface area contributed by atoms with Crippen LogP contribution in [0.1, 0.15) is 44.8 Å². The Morgan fingerprint density at radius 3 is 2.73 bits per heavy atom. The minimum atomic E-state index is -0.0283. The Hall–Kier alpha value is -3.44. The van der Waals surface area contributed by atoms with E-state index in [4.69, 9.17) is 4.99 Å². The van der Waals surface area contributed by atoms with Gasteiger partial charge in [-0.2, -0.15) is 0 Å². The predicted octanol–water partition coefficient (Wildman–Crippen LogP) is 6.45. The first-order chi connectivity index (χ1) is 16.2. The summed E-state index contributed by atoms with van der Waals surface area (Å²) in [7, 11) is 0. The number of hydrogen-bond donors (Lipinski definition) is 1. The lowest BCUT2D eigenvalue weighted by Crippen LogP contribution is -2.24. The van der Waals surface area contributed by atoms with Crippen LogP contribution in [0.4, 0.5) is 5.00 Å². The molecule has 2 heterocycles. The van der Waals surface area contributed by atoms with Crippen molar-refractivity contribution in [2.24, 2.45) is 4.99 Å². The number of allylic oxidation sites excluding steroid dienone is 1. The van der Waals surface area contributed by atoms with Crippen LogP contribution in [0.3, 0.4) is 0 Å². The molecule has 2 aromatic carbocycles. The Labute approximate surface area is 198 Å². The summed E-state index contributed by atoms with van der Waals surface area (Å²) >= 11 is 1.67. The number of fused-ring (bicyclic) bond motifs is 2. The second kappa shape index (κ2) is 9.59. The number of aryl methyl sites for hydroxylation is 1. The van der Waals surface area contributed by atoms with Crippen LogP contribution >= 0.6 is 11.3 Å². The molecule has 1 aliphatic rings. The minimum absolute atomic E-state index is 0.0283. The van der Waals surface area contributed by atoms with Gasteiger partial charge >= 0.3 is 0 Å². The van der Waals surface area contributed by atoms with Crippen LogP contribution in [0.5, 0.6) is 0 Å². The molecule has 0 unspecified atom stereocenters. The summed E-state index contributed by atoms with van der Waals surface area (Å²) in [5.74, 6) is -0.0283. The number of aliphatic imine (C=N–C) groups is 1. The average Bonchev–Trinajstić information content (AvgIpc) is 3.40. The molecule has 166 valence electrons. The lowest BCUT2D eigenvalue weighted by molar-refractivity contribution is 0.0951. The number of nitrogens with zero attached hydrogens (tertiary/aromatic N) is 2. The lowest BCUT2D eigenvalue weighted by Gasteiger charge is -2.12. The smallest absolute Gasteiger partial charge is 0.254 e. The summed E-state index contributed by atoms with van der Waals surface area (Å²) in [6.07, 6.45) is 10.2. The fourth-order valence-electron chi connectivity index (χ4n) is 4.54. The highest BCUT2D eigenvalue weighted by Gasteiger charge is 2.25. The number of amides is 1. The van der Waals surface area contributed by atoms with Gasteiger partial charge in [0.15, 0.2) is 0 Å². The summed E-state index contributed by atoms with van der Waals surface area (Å²) in [6.45, 7) is 5.14. The third-order valence-electron chi connectivity index (χ3n) is 6.14. The number of para-hydroxylation sites is 1. The third-order valence-corrected chi connectivity index (χ3v) is 7.34. The Balaban J connectivity index is 1.48. The number of thiophene rings is 1. The Morgan fingerprint density at radius 2 is 1.88 bits per heavy atom. The van der Waals surface area contributed by atoms with Crippen LogP contribution < -0.4 is 5.32 Å². The van der Waals surface area contributed by atoms with Crippen LogP contribution in [-0.4, -0.2) is 16.7 Å². The van der Waals surface area contributed by atoms with Crippen molar-refractivity contribution in [2.45, 2.75) is 38.8 Å². The van der Waals surface area contributed by atoms with Crippen LogP contribution in [0.15, 0.2) is 78.4 Å². The van der Waals surface area contributed by atoms with E-state index in [0.29, 0.717) is 6.54 Å². The molecule has 4 nitrogen and oxygen atoms in total. The van der Waals surface area contributed by atoms with E-state index in [0.717, 1.165) is 58.4 Å². The number of benzene rings is 2. The van der Waals surface area contributed by atoms with Crippen molar-refractivity contribution >= 4 is 39.4 Å². The molecule has 0 fully saturated rings. The van der Waals surface area contributed by atoms with E-state index >= 15 is 0 Å². The summed E-state index contributed by atoms with van der Waals surface area (Å²) in [4.78, 5) is 19.5. The normalized spacial score (nSPS) is 13.3. The van der Waals surface area contributed by atoms with Crippen molar-refractivity contribution < 1.29 is 4.79 Å². The Morgan fingerprint density at radius 1 is 1.09 bits per heavy atom. The molecule has 5 heteroatoms. The minimum Gasteiger partial charge on any atom is -0.348 e. The number of hydrogen-bond acceptors (Lipinski definition) is 3.